The van der Waals surface area contributed by atoms with E-state index in [-0.39, 0.29) is 5.91 Å². The highest BCUT2D eigenvalue weighted by Gasteiger charge is 2.04. The number of carbonyl (C=O) groups excluding carboxylic acids is 1. The first-order valence-electron chi connectivity index (χ1n) is 4.46. The maximum Gasteiger partial charge on any atom is 0.222 e. The molecule has 0 unspecified atom stereocenters. The first-order valence-corrected chi connectivity index (χ1v) is 4.46. The molecule has 0 aromatic carbocycles. The zero-order valence-electron chi connectivity index (χ0n) is 7.89. The Labute approximate surface area is 69.6 Å². The molecule has 0 heterocycles. The lowest BCUT2D eigenvalue weighted by Crippen LogP contribution is -2.27. The summed E-state index contributed by atoms with van der Waals surface area (Å²) in [5.74, 6) is 0.279. The highest BCUT2D eigenvalue weighted by molar-refractivity contribution is 5.75. The van der Waals surface area contributed by atoms with Crippen molar-refractivity contribution in [2.75, 3.05) is 13.6 Å². The molecule has 0 aromatic heterocycles. The Balaban J connectivity index is 3.46. The van der Waals surface area contributed by atoms with Crippen molar-refractivity contribution in [1.82, 2.24) is 4.90 Å². The summed E-state index contributed by atoms with van der Waals surface area (Å²) in [7, 11) is 1.88. The Kier molecular flexibility index (Phi) is 5.90. The quantitative estimate of drug-likeness (QED) is 0.598. The molecule has 2 nitrogen and oxygen atoms in total. The minimum Gasteiger partial charge on any atom is -0.346 e. The fraction of sp³-hybridized carbons (Fsp3) is 0.889. The number of carbonyl (C=O) groups is 1. The third-order valence-electron chi connectivity index (χ3n) is 1.74. The average molecular weight is 157 g/mol. The van der Waals surface area contributed by atoms with Crippen LogP contribution in [-0.4, -0.2) is 24.4 Å². The van der Waals surface area contributed by atoms with Crippen molar-refractivity contribution in [3.05, 3.63) is 0 Å². The average Bonchev–Trinajstić information content (AvgIpc) is 2.00. The lowest BCUT2D eigenvalue weighted by Gasteiger charge is -2.15. The number of hydrogen-bond donors (Lipinski definition) is 0. The van der Waals surface area contributed by atoms with Crippen molar-refractivity contribution in [3.8, 4) is 0 Å². The van der Waals surface area contributed by atoms with Crippen LogP contribution in [-0.2, 0) is 4.79 Å². The van der Waals surface area contributed by atoms with Crippen LogP contribution in [0.1, 0.15) is 39.5 Å². The van der Waals surface area contributed by atoms with Gasteiger partial charge in [0.05, 0.1) is 0 Å². The van der Waals surface area contributed by atoms with Crippen LogP contribution < -0.4 is 0 Å². The summed E-state index contributed by atoms with van der Waals surface area (Å²) in [5.41, 5.74) is 0. The van der Waals surface area contributed by atoms with Gasteiger partial charge in [-0.15, -0.1) is 0 Å². The maximum atomic E-state index is 11.2. The van der Waals surface area contributed by atoms with Gasteiger partial charge in [0.25, 0.3) is 0 Å². The molecular formula is C9H19NO. The maximum absolute atomic E-state index is 11.2. The van der Waals surface area contributed by atoms with E-state index in [1.165, 1.54) is 0 Å². The molecule has 0 aliphatic carbocycles. The number of unbranched alkanes of at least 4 members (excludes halogenated alkanes) is 1. The van der Waals surface area contributed by atoms with E-state index in [0.29, 0.717) is 6.42 Å². The van der Waals surface area contributed by atoms with Crippen molar-refractivity contribution >= 4 is 5.91 Å². The van der Waals surface area contributed by atoms with Gasteiger partial charge in [-0.2, -0.15) is 0 Å². The minimum absolute atomic E-state index is 0.279. The summed E-state index contributed by atoms with van der Waals surface area (Å²) in [4.78, 5) is 13.0. The van der Waals surface area contributed by atoms with Gasteiger partial charge in [0.1, 0.15) is 0 Å². The smallest absolute Gasteiger partial charge is 0.222 e. The van der Waals surface area contributed by atoms with Crippen LogP contribution in [0.2, 0.25) is 0 Å². The lowest BCUT2D eigenvalue weighted by atomic mass is 10.3. The van der Waals surface area contributed by atoms with E-state index in [1.54, 1.807) is 0 Å². The molecule has 2 heteroatoms. The Morgan fingerprint density at radius 2 is 1.91 bits per heavy atom. The second-order valence-electron chi connectivity index (χ2n) is 2.92. The van der Waals surface area contributed by atoms with E-state index >= 15 is 0 Å². The molecule has 0 saturated carbocycles. The van der Waals surface area contributed by atoms with Crippen LogP contribution in [0.5, 0.6) is 0 Å². The summed E-state index contributed by atoms with van der Waals surface area (Å²) in [6, 6.07) is 0. The van der Waals surface area contributed by atoms with Gasteiger partial charge in [-0.25, -0.2) is 0 Å². The van der Waals surface area contributed by atoms with Gasteiger partial charge in [-0.1, -0.05) is 20.3 Å². The predicted octanol–water partition coefficient (Wildman–Crippen LogP) is 2.04. The summed E-state index contributed by atoms with van der Waals surface area (Å²) < 4.78 is 0. The molecular weight excluding hydrogens is 138 g/mol. The topological polar surface area (TPSA) is 20.3 Å². The minimum atomic E-state index is 0.279. The molecule has 0 saturated heterocycles. The van der Waals surface area contributed by atoms with Gasteiger partial charge in [0.2, 0.25) is 5.91 Å². The highest BCUT2D eigenvalue weighted by atomic mass is 16.2. The largest absolute Gasteiger partial charge is 0.346 e. The van der Waals surface area contributed by atoms with E-state index in [1.807, 2.05) is 18.9 Å². The van der Waals surface area contributed by atoms with Crippen LogP contribution in [0.3, 0.4) is 0 Å². The van der Waals surface area contributed by atoms with Gasteiger partial charge in [-0.3, -0.25) is 4.79 Å². The van der Waals surface area contributed by atoms with Crippen LogP contribution in [0.4, 0.5) is 0 Å². The molecule has 66 valence electrons. The van der Waals surface area contributed by atoms with Gasteiger partial charge in [-0.05, 0) is 12.8 Å². The Hall–Kier alpha value is -0.530. The standard InChI is InChI=1S/C9H19NO/c1-4-6-8-10(3)9(11)7-5-2/h4-8H2,1-3H3. The van der Waals surface area contributed by atoms with E-state index in [2.05, 4.69) is 6.92 Å². The number of nitrogens with zero attached hydrogens (tertiary/aromatic N) is 1. The second-order valence-corrected chi connectivity index (χ2v) is 2.92. The van der Waals surface area contributed by atoms with Crippen molar-refractivity contribution in [1.29, 1.82) is 0 Å². The first-order chi connectivity index (χ1) is 5.22. The molecule has 0 atom stereocenters. The zero-order chi connectivity index (χ0) is 8.69. The third-order valence-corrected chi connectivity index (χ3v) is 1.74. The zero-order valence-corrected chi connectivity index (χ0v) is 7.89. The number of hydrogen-bond acceptors (Lipinski definition) is 1. The Bertz CT molecular complexity index is 112. The van der Waals surface area contributed by atoms with Crippen molar-refractivity contribution in [2.45, 2.75) is 39.5 Å². The van der Waals surface area contributed by atoms with Crippen molar-refractivity contribution < 1.29 is 4.79 Å². The number of rotatable bonds is 5. The lowest BCUT2D eigenvalue weighted by molar-refractivity contribution is -0.129. The fourth-order valence-electron chi connectivity index (χ4n) is 0.925. The molecule has 0 radical (unpaired) electrons. The molecule has 0 fully saturated rings. The molecule has 0 bridgehead atoms. The Morgan fingerprint density at radius 3 is 2.36 bits per heavy atom. The van der Waals surface area contributed by atoms with E-state index in [9.17, 15) is 4.79 Å². The number of amides is 1. The summed E-state index contributed by atoms with van der Waals surface area (Å²) in [6.45, 7) is 5.08. The summed E-state index contributed by atoms with van der Waals surface area (Å²) in [6.07, 6.45) is 3.92. The molecule has 0 aliphatic heterocycles. The van der Waals surface area contributed by atoms with Crippen molar-refractivity contribution in [2.24, 2.45) is 0 Å². The van der Waals surface area contributed by atoms with Gasteiger partial charge < -0.3 is 4.90 Å². The summed E-state index contributed by atoms with van der Waals surface area (Å²) in [5, 5.41) is 0. The van der Waals surface area contributed by atoms with Gasteiger partial charge >= 0.3 is 0 Å². The van der Waals surface area contributed by atoms with E-state index < -0.39 is 0 Å². The fourth-order valence-corrected chi connectivity index (χ4v) is 0.925. The normalized spacial score (nSPS) is 9.73. The monoisotopic (exact) mass is 157 g/mol. The molecule has 11 heavy (non-hydrogen) atoms. The molecule has 0 rings (SSSR count). The highest BCUT2D eigenvalue weighted by Crippen LogP contribution is 1.97. The molecule has 1 amide bonds. The summed E-state index contributed by atoms with van der Waals surface area (Å²) >= 11 is 0. The molecule has 0 spiro atoms. The second kappa shape index (κ2) is 6.20. The SMILES string of the molecule is CCCCN(C)C(=O)CCC. The van der Waals surface area contributed by atoms with Crippen LogP contribution in [0, 0.1) is 0 Å². The Morgan fingerprint density at radius 1 is 1.27 bits per heavy atom. The third kappa shape index (κ3) is 4.82. The van der Waals surface area contributed by atoms with Crippen LogP contribution in [0.15, 0.2) is 0 Å². The van der Waals surface area contributed by atoms with Gasteiger partial charge in [0, 0.05) is 20.0 Å². The van der Waals surface area contributed by atoms with Crippen molar-refractivity contribution in [3.63, 3.8) is 0 Å². The molecule has 0 N–H and O–H groups in total. The van der Waals surface area contributed by atoms with Crippen LogP contribution in [0.25, 0.3) is 0 Å². The molecule has 0 aromatic rings. The van der Waals surface area contributed by atoms with Gasteiger partial charge in [0.15, 0.2) is 0 Å². The molecule has 0 aliphatic rings. The van der Waals surface area contributed by atoms with Crippen LogP contribution >= 0.6 is 0 Å². The van der Waals surface area contributed by atoms with E-state index in [0.717, 1.165) is 25.8 Å². The van der Waals surface area contributed by atoms with E-state index in [4.69, 9.17) is 0 Å². The predicted molar refractivity (Wildman–Crippen MR) is 47.5 cm³/mol. The first kappa shape index (κ1) is 10.5.